The Balaban J connectivity index is 2.09. The molecule has 0 radical (unpaired) electrons. The Morgan fingerprint density at radius 2 is 1.55 bits per heavy atom. The third-order valence-electron chi connectivity index (χ3n) is 7.23. The zero-order valence-corrected chi connectivity index (χ0v) is 25.7. The van der Waals surface area contributed by atoms with Crippen LogP contribution in [-0.4, -0.2) is 40.5 Å². The number of para-hydroxylation sites is 1. The van der Waals surface area contributed by atoms with Crippen LogP contribution in [0.3, 0.4) is 0 Å². The quantitative estimate of drug-likeness (QED) is 0.355. The molecule has 0 heterocycles. The summed E-state index contributed by atoms with van der Waals surface area (Å²) in [4.78, 5) is 43.3. The molecule has 1 saturated carbocycles. The van der Waals surface area contributed by atoms with Crippen molar-refractivity contribution in [3.8, 4) is 0 Å². The highest BCUT2D eigenvalue weighted by molar-refractivity contribution is 6.00. The maximum Gasteiger partial charge on any atom is 0.408 e. The van der Waals surface area contributed by atoms with Crippen LogP contribution >= 0.6 is 0 Å². The molecule has 7 nitrogen and oxygen atoms in total. The minimum atomic E-state index is -0.856. The number of amides is 3. The van der Waals surface area contributed by atoms with E-state index >= 15 is 0 Å². The molecule has 7 heteroatoms. The second-order valence-electron chi connectivity index (χ2n) is 12.7. The van der Waals surface area contributed by atoms with Gasteiger partial charge in [-0.25, -0.2) is 4.79 Å². The number of aryl methyl sites for hydroxylation is 4. The van der Waals surface area contributed by atoms with Crippen LogP contribution in [0.5, 0.6) is 0 Å². The molecule has 1 fully saturated rings. The van der Waals surface area contributed by atoms with Crippen LogP contribution in [0.2, 0.25) is 0 Å². The Labute approximate surface area is 240 Å². The maximum absolute atomic E-state index is 14.5. The van der Waals surface area contributed by atoms with E-state index in [1.807, 2.05) is 71.9 Å². The molecule has 1 aliphatic carbocycles. The summed E-state index contributed by atoms with van der Waals surface area (Å²) in [6.45, 7) is 17.3. The van der Waals surface area contributed by atoms with Gasteiger partial charge in [-0.15, -0.1) is 0 Å². The van der Waals surface area contributed by atoms with Gasteiger partial charge >= 0.3 is 6.09 Å². The molecule has 2 aromatic carbocycles. The molecule has 2 atom stereocenters. The molecule has 3 amide bonds. The maximum atomic E-state index is 14.5. The summed E-state index contributed by atoms with van der Waals surface area (Å²) in [5, 5.41) is 6.00. The van der Waals surface area contributed by atoms with Crippen LogP contribution in [-0.2, 0) is 14.3 Å². The number of carbonyl (C=O) groups is 3. The third kappa shape index (κ3) is 8.09. The van der Waals surface area contributed by atoms with Crippen LogP contribution in [0.4, 0.5) is 10.5 Å². The predicted octanol–water partition coefficient (Wildman–Crippen LogP) is 6.92. The first kappa shape index (κ1) is 31.2. The van der Waals surface area contributed by atoms with E-state index in [0.29, 0.717) is 6.42 Å². The van der Waals surface area contributed by atoms with Crippen LogP contribution in [0.1, 0.15) is 94.2 Å². The largest absolute Gasteiger partial charge is 0.444 e. The first-order chi connectivity index (χ1) is 18.7. The van der Waals surface area contributed by atoms with Crippen molar-refractivity contribution in [1.29, 1.82) is 0 Å². The fourth-order valence-electron chi connectivity index (χ4n) is 5.31. The first-order valence-corrected chi connectivity index (χ1v) is 14.4. The van der Waals surface area contributed by atoms with Crippen molar-refractivity contribution in [2.24, 2.45) is 5.92 Å². The highest BCUT2D eigenvalue weighted by Crippen LogP contribution is 2.36. The van der Waals surface area contributed by atoms with E-state index < -0.39 is 23.8 Å². The van der Waals surface area contributed by atoms with Crippen molar-refractivity contribution in [2.75, 3.05) is 5.32 Å². The Morgan fingerprint density at radius 1 is 0.975 bits per heavy atom. The molecule has 0 aromatic heterocycles. The van der Waals surface area contributed by atoms with Crippen LogP contribution < -0.4 is 10.6 Å². The molecule has 1 aliphatic rings. The number of rotatable bonds is 9. The fraction of sp³-hybridized carbons (Fsp3) is 0.545. The highest BCUT2D eigenvalue weighted by Gasteiger charge is 2.42. The van der Waals surface area contributed by atoms with Gasteiger partial charge in [-0.1, -0.05) is 61.4 Å². The van der Waals surface area contributed by atoms with Gasteiger partial charge in [-0.05, 0) is 96.8 Å². The number of hydrogen-bond donors (Lipinski definition) is 2. The normalized spacial score (nSPS) is 15.2. The second kappa shape index (κ2) is 12.9. The van der Waals surface area contributed by atoms with Crippen LogP contribution in [0.25, 0.3) is 0 Å². The molecule has 2 aromatic rings. The van der Waals surface area contributed by atoms with Crippen molar-refractivity contribution >= 4 is 23.6 Å². The van der Waals surface area contributed by atoms with Gasteiger partial charge in [0.2, 0.25) is 5.91 Å². The average Bonchev–Trinajstić information content (AvgIpc) is 2.77. The molecular formula is C33H47N3O4. The first-order valence-electron chi connectivity index (χ1n) is 14.4. The Bertz CT molecular complexity index is 1190. The molecule has 0 bridgehead atoms. The Kier molecular flexibility index (Phi) is 10.0. The van der Waals surface area contributed by atoms with E-state index in [1.54, 1.807) is 25.7 Å². The number of benzene rings is 2. The van der Waals surface area contributed by atoms with Gasteiger partial charge in [0.25, 0.3) is 5.91 Å². The monoisotopic (exact) mass is 549 g/mol. The van der Waals surface area contributed by atoms with E-state index in [0.717, 1.165) is 52.8 Å². The van der Waals surface area contributed by atoms with E-state index in [1.165, 1.54) is 0 Å². The number of nitrogens with zero attached hydrogens (tertiary/aromatic N) is 1. The number of ether oxygens (including phenoxy) is 1. The van der Waals surface area contributed by atoms with Crippen LogP contribution in [0, 0.1) is 33.6 Å². The summed E-state index contributed by atoms with van der Waals surface area (Å²) in [5.74, 6) is -0.386. The highest BCUT2D eigenvalue weighted by atomic mass is 16.6. The summed E-state index contributed by atoms with van der Waals surface area (Å²) in [6.07, 6.45) is 2.40. The van der Waals surface area contributed by atoms with E-state index in [4.69, 9.17) is 4.74 Å². The second-order valence-corrected chi connectivity index (χ2v) is 12.7. The zero-order chi connectivity index (χ0) is 29.8. The molecule has 2 N–H and O–H groups in total. The van der Waals surface area contributed by atoms with E-state index in [-0.39, 0.29) is 23.8 Å². The lowest BCUT2D eigenvalue weighted by atomic mass is 9.87. The van der Waals surface area contributed by atoms with E-state index in [2.05, 4.69) is 16.7 Å². The molecule has 0 saturated heterocycles. The molecule has 0 spiro atoms. The summed E-state index contributed by atoms with van der Waals surface area (Å²) >= 11 is 0. The third-order valence-corrected chi connectivity index (χ3v) is 7.23. The standard InChI is InChI=1S/C33H47N3O4/c1-20(2)16-27(34-32(39)40-33(7,8)9)31(38)36(26-14-11-15-26)29(25-18-21(3)17-22(4)19-25)30(37)35-28-23(5)12-10-13-24(28)6/h10,12-13,17-20,26-27,29H,11,14-16H2,1-9H3,(H,34,39)(H,35,37). The van der Waals surface area contributed by atoms with Crippen molar-refractivity contribution in [3.63, 3.8) is 0 Å². The predicted molar refractivity (Wildman–Crippen MR) is 160 cm³/mol. The van der Waals surface area contributed by atoms with Gasteiger partial charge in [0, 0.05) is 11.7 Å². The minimum absolute atomic E-state index is 0.0999. The Hall–Kier alpha value is -3.35. The van der Waals surface area contributed by atoms with Crippen molar-refractivity contribution < 1.29 is 19.1 Å². The van der Waals surface area contributed by atoms with Crippen molar-refractivity contribution in [2.45, 2.75) is 112 Å². The fourth-order valence-corrected chi connectivity index (χ4v) is 5.31. The lowest BCUT2D eigenvalue weighted by molar-refractivity contribution is -0.146. The van der Waals surface area contributed by atoms with Gasteiger partial charge < -0.3 is 20.3 Å². The summed E-state index contributed by atoms with van der Waals surface area (Å²) < 4.78 is 5.51. The molecular weight excluding hydrogens is 502 g/mol. The van der Waals surface area contributed by atoms with Gasteiger partial charge in [-0.3, -0.25) is 9.59 Å². The summed E-state index contributed by atoms with van der Waals surface area (Å²) in [6, 6.07) is 10.1. The minimum Gasteiger partial charge on any atom is -0.444 e. The SMILES string of the molecule is Cc1cc(C)cc(C(C(=O)Nc2c(C)cccc2C)N(C(=O)C(CC(C)C)NC(=O)OC(C)(C)C)C2CCC2)c1. The van der Waals surface area contributed by atoms with Gasteiger partial charge in [0.05, 0.1) is 0 Å². The molecule has 3 rings (SSSR count). The number of anilines is 1. The molecule has 40 heavy (non-hydrogen) atoms. The summed E-state index contributed by atoms with van der Waals surface area (Å²) in [5.41, 5.74) is 4.78. The average molecular weight is 550 g/mol. The van der Waals surface area contributed by atoms with E-state index in [9.17, 15) is 14.4 Å². The molecule has 0 aliphatic heterocycles. The number of alkyl carbamates (subject to hydrolysis) is 1. The molecule has 2 unspecified atom stereocenters. The number of carbonyl (C=O) groups excluding carboxylic acids is 3. The number of hydrogen-bond acceptors (Lipinski definition) is 4. The van der Waals surface area contributed by atoms with Gasteiger partial charge in [-0.2, -0.15) is 0 Å². The lowest BCUT2D eigenvalue weighted by Gasteiger charge is -2.44. The Morgan fingerprint density at radius 3 is 2.02 bits per heavy atom. The summed E-state index contributed by atoms with van der Waals surface area (Å²) in [7, 11) is 0. The van der Waals surface area contributed by atoms with Crippen molar-refractivity contribution in [3.05, 3.63) is 64.2 Å². The lowest BCUT2D eigenvalue weighted by Crippen LogP contribution is -2.57. The van der Waals surface area contributed by atoms with Gasteiger partial charge in [0.15, 0.2) is 0 Å². The van der Waals surface area contributed by atoms with Crippen LogP contribution in [0.15, 0.2) is 36.4 Å². The topological polar surface area (TPSA) is 87.7 Å². The number of nitrogens with one attached hydrogen (secondary N) is 2. The van der Waals surface area contributed by atoms with Gasteiger partial charge in [0.1, 0.15) is 17.7 Å². The molecule has 218 valence electrons. The smallest absolute Gasteiger partial charge is 0.408 e. The van der Waals surface area contributed by atoms with Crippen molar-refractivity contribution in [1.82, 2.24) is 10.2 Å². The zero-order valence-electron chi connectivity index (χ0n) is 25.7.